The fourth-order valence-electron chi connectivity index (χ4n) is 5.71. The lowest BCUT2D eigenvalue weighted by molar-refractivity contribution is 0.473. The maximum Gasteiger partial charge on any atom is 0.140 e. The second-order valence-corrected chi connectivity index (χ2v) is 10.0. The molecule has 1 aliphatic carbocycles. The molecule has 0 spiro atoms. The molecular weight excluding hydrogens is 395 g/mol. The van der Waals surface area contributed by atoms with E-state index in [-0.39, 0.29) is 0 Å². The van der Waals surface area contributed by atoms with E-state index in [1.807, 2.05) is 6.92 Å². The van der Waals surface area contributed by atoms with Gasteiger partial charge in [-0.2, -0.15) is 0 Å². The van der Waals surface area contributed by atoms with E-state index in [4.69, 9.17) is 12.6 Å². The molecular formula is C28H33BOS. The Bertz CT molecular complexity index is 1290. The molecule has 0 saturated heterocycles. The van der Waals surface area contributed by atoms with Crippen LogP contribution < -0.4 is 5.46 Å². The molecule has 0 unspecified atom stereocenters. The number of rotatable bonds is 1. The highest BCUT2D eigenvalue weighted by atomic mass is 32.1. The zero-order chi connectivity index (χ0) is 23.1. The Kier molecular flexibility index (Phi) is 5.13. The van der Waals surface area contributed by atoms with Gasteiger partial charge >= 0.3 is 0 Å². The number of aromatic hydroxyl groups is 1. The van der Waals surface area contributed by atoms with E-state index in [1.165, 1.54) is 61.2 Å². The predicted octanol–water partition coefficient (Wildman–Crippen LogP) is 5.95. The molecule has 1 N–H and O–H groups in total. The monoisotopic (exact) mass is 428 g/mol. The van der Waals surface area contributed by atoms with E-state index >= 15 is 0 Å². The van der Waals surface area contributed by atoms with Crippen LogP contribution in [-0.4, -0.2) is 13.0 Å². The lowest BCUT2D eigenvalue weighted by atomic mass is 9.76. The predicted molar refractivity (Wildman–Crippen MR) is 140 cm³/mol. The normalized spacial score (nSPS) is 12.3. The van der Waals surface area contributed by atoms with Crippen LogP contribution in [0.3, 0.4) is 0 Å². The van der Waals surface area contributed by atoms with Gasteiger partial charge < -0.3 is 5.11 Å². The molecule has 0 radical (unpaired) electrons. The van der Waals surface area contributed by atoms with Gasteiger partial charge in [0.25, 0.3) is 0 Å². The van der Waals surface area contributed by atoms with Gasteiger partial charge in [-0.15, -0.1) is 12.6 Å². The third kappa shape index (κ3) is 2.78. The highest BCUT2D eigenvalue weighted by molar-refractivity contribution is 7.80. The zero-order valence-electron chi connectivity index (χ0n) is 20.6. The van der Waals surface area contributed by atoms with Gasteiger partial charge in [0.2, 0.25) is 0 Å². The Balaban J connectivity index is 2.18. The Labute approximate surface area is 193 Å². The first-order chi connectivity index (χ1) is 14.4. The van der Waals surface area contributed by atoms with E-state index in [9.17, 15) is 5.11 Å². The average molecular weight is 428 g/mol. The number of phenols is 1. The molecule has 3 heteroatoms. The van der Waals surface area contributed by atoms with Crippen LogP contribution in [0, 0.1) is 62.3 Å². The van der Waals surface area contributed by atoms with E-state index in [0.717, 1.165) is 39.0 Å². The Hall–Kier alpha value is -2.13. The highest BCUT2D eigenvalue weighted by Gasteiger charge is 2.31. The third-order valence-electron chi connectivity index (χ3n) is 8.39. The molecule has 3 aromatic carbocycles. The summed E-state index contributed by atoms with van der Waals surface area (Å²) in [6, 6.07) is 0. The van der Waals surface area contributed by atoms with Crippen LogP contribution in [0.1, 0.15) is 61.2 Å². The Morgan fingerprint density at radius 1 is 0.548 bits per heavy atom. The van der Waals surface area contributed by atoms with Crippen molar-refractivity contribution in [3.63, 3.8) is 0 Å². The molecule has 0 fully saturated rings. The number of benzene rings is 3. The molecule has 3 aromatic rings. The molecule has 1 aliphatic rings. The van der Waals surface area contributed by atoms with E-state index in [1.54, 1.807) is 0 Å². The van der Waals surface area contributed by atoms with Gasteiger partial charge in [-0.25, -0.2) is 0 Å². The van der Waals surface area contributed by atoms with Crippen molar-refractivity contribution in [2.24, 2.45) is 0 Å². The summed E-state index contributed by atoms with van der Waals surface area (Å²) in [7, 11) is 2.14. The van der Waals surface area contributed by atoms with Crippen molar-refractivity contribution in [1.29, 1.82) is 0 Å². The summed E-state index contributed by atoms with van der Waals surface area (Å²) in [5.74, 6) is 0.408. The van der Waals surface area contributed by atoms with Crippen LogP contribution in [0.4, 0.5) is 0 Å². The first-order valence-electron chi connectivity index (χ1n) is 11.2. The summed E-state index contributed by atoms with van der Waals surface area (Å²) in [5, 5.41) is 11.3. The lowest BCUT2D eigenvalue weighted by Crippen LogP contribution is -2.16. The molecule has 0 aliphatic heterocycles. The minimum atomic E-state index is 0.408. The summed E-state index contributed by atoms with van der Waals surface area (Å²) in [5.41, 5.74) is 20.2. The van der Waals surface area contributed by atoms with Crippen LogP contribution in [0.2, 0.25) is 0 Å². The maximum absolute atomic E-state index is 11.3. The number of thiol groups is 1. The van der Waals surface area contributed by atoms with Crippen molar-refractivity contribution in [1.82, 2.24) is 0 Å². The minimum absolute atomic E-state index is 0.408. The SMILES string of the molecule is Bc1c(C)c(C)c(C)c(O)c1-c1c(C)c(S)c2c(c1C)-c1c(C)c(C)c(C)c(C)c1C2. The molecule has 0 heterocycles. The van der Waals surface area contributed by atoms with Crippen molar-refractivity contribution in [2.75, 3.05) is 0 Å². The number of hydrogen-bond acceptors (Lipinski definition) is 2. The van der Waals surface area contributed by atoms with E-state index in [2.05, 4.69) is 63.2 Å². The summed E-state index contributed by atoms with van der Waals surface area (Å²) in [6.07, 6.45) is 0.941. The molecule has 0 aromatic heterocycles. The van der Waals surface area contributed by atoms with Gasteiger partial charge in [0.05, 0.1) is 0 Å². The topological polar surface area (TPSA) is 20.2 Å². The number of hydrogen-bond donors (Lipinski definition) is 2. The van der Waals surface area contributed by atoms with Gasteiger partial charge in [-0.1, -0.05) is 11.0 Å². The van der Waals surface area contributed by atoms with Crippen LogP contribution in [0.5, 0.6) is 5.75 Å². The van der Waals surface area contributed by atoms with Gasteiger partial charge in [0.15, 0.2) is 0 Å². The second kappa shape index (κ2) is 7.20. The van der Waals surface area contributed by atoms with Crippen molar-refractivity contribution in [3.8, 4) is 28.0 Å². The smallest absolute Gasteiger partial charge is 0.140 e. The highest BCUT2D eigenvalue weighted by Crippen LogP contribution is 2.51. The van der Waals surface area contributed by atoms with Gasteiger partial charge in [0.1, 0.15) is 13.6 Å². The van der Waals surface area contributed by atoms with Crippen LogP contribution >= 0.6 is 12.6 Å². The Morgan fingerprint density at radius 2 is 1.06 bits per heavy atom. The molecule has 1 nitrogen and oxygen atoms in total. The minimum Gasteiger partial charge on any atom is -0.507 e. The number of fused-ring (bicyclic) bond motifs is 3. The van der Waals surface area contributed by atoms with Crippen molar-refractivity contribution in [2.45, 2.75) is 73.6 Å². The summed E-state index contributed by atoms with van der Waals surface area (Å²) in [6.45, 7) is 19.7. The maximum atomic E-state index is 11.3. The second-order valence-electron chi connectivity index (χ2n) is 9.58. The average Bonchev–Trinajstić information content (AvgIpc) is 3.15. The molecule has 31 heavy (non-hydrogen) atoms. The molecule has 4 rings (SSSR count). The zero-order valence-corrected chi connectivity index (χ0v) is 21.5. The van der Waals surface area contributed by atoms with Crippen LogP contribution in [-0.2, 0) is 6.42 Å². The van der Waals surface area contributed by atoms with E-state index < -0.39 is 0 Å². The Morgan fingerprint density at radius 3 is 1.68 bits per heavy atom. The molecule has 0 amide bonds. The van der Waals surface area contributed by atoms with Gasteiger partial charge in [0, 0.05) is 16.9 Å². The molecule has 0 saturated carbocycles. The lowest BCUT2D eigenvalue weighted by Gasteiger charge is -2.24. The van der Waals surface area contributed by atoms with Gasteiger partial charge in [-0.3, -0.25) is 0 Å². The van der Waals surface area contributed by atoms with Crippen molar-refractivity contribution in [3.05, 3.63) is 61.2 Å². The van der Waals surface area contributed by atoms with Crippen LogP contribution in [0.25, 0.3) is 22.3 Å². The summed E-state index contributed by atoms with van der Waals surface area (Å²) >= 11 is 5.05. The first-order valence-corrected chi connectivity index (χ1v) is 11.6. The summed E-state index contributed by atoms with van der Waals surface area (Å²) < 4.78 is 0. The standard InChI is InChI=1S/C28H33BOS/c1-11-12(2)15(5)23-20(14(11)4)10-21-24(23)18(8)22(19(9)28(21)31)25-26(29)16(6)13(3)17(7)27(25)30/h30-31H,10,29H2,1-9H3. The quantitative estimate of drug-likeness (QED) is 0.283. The first kappa shape index (κ1) is 22.1. The van der Waals surface area contributed by atoms with Gasteiger partial charge in [-0.05, 0) is 135 Å². The van der Waals surface area contributed by atoms with Crippen molar-refractivity contribution >= 4 is 25.9 Å². The fourth-order valence-corrected chi connectivity index (χ4v) is 6.01. The largest absolute Gasteiger partial charge is 0.507 e. The fraction of sp³-hybridized carbons (Fsp3) is 0.357. The molecule has 0 bridgehead atoms. The molecule has 160 valence electrons. The van der Waals surface area contributed by atoms with Crippen molar-refractivity contribution < 1.29 is 5.11 Å². The third-order valence-corrected chi connectivity index (χ3v) is 9.00. The molecule has 0 atom stereocenters. The number of phenolic OH excluding ortho intramolecular Hbond substituents is 1. The van der Waals surface area contributed by atoms with E-state index in [0.29, 0.717) is 5.75 Å². The van der Waals surface area contributed by atoms with Crippen LogP contribution in [0.15, 0.2) is 4.90 Å². The summed E-state index contributed by atoms with van der Waals surface area (Å²) in [4.78, 5) is 1.07.